The van der Waals surface area contributed by atoms with Crippen molar-refractivity contribution in [1.29, 1.82) is 0 Å². The maximum Gasteiger partial charge on any atom is 0.0415 e. The van der Waals surface area contributed by atoms with Crippen molar-refractivity contribution >= 4 is 11.8 Å². The highest BCUT2D eigenvalue weighted by molar-refractivity contribution is 7.98. The van der Waals surface area contributed by atoms with Crippen molar-refractivity contribution in [2.45, 2.75) is 18.2 Å². The maximum atomic E-state index is 3.79. The molecule has 98 valence electrons. The number of fused-ring (bicyclic) bond motifs is 1. The van der Waals surface area contributed by atoms with E-state index in [1.807, 2.05) is 0 Å². The first-order chi connectivity index (χ1) is 8.83. The summed E-state index contributed by atoms with van der Waals surface area (Å²) in [4.78, 5) is 2.44. The number of likely N-dealkylation sites (tertiary alicyclic amines) is 1. The molecule has 1 aromatic rings. The molecule has 3 heteroatoms. The Kier molecular flexibility index (Phi) is 3.92. The monoisotopic (exact) mass is 262 g/mol. The minimum Gasteiger partial charge on any atom is -0.309 e. The van der Waals surface area contributed by atoms with E-state index < -0.39 is 0 Å². The second-order valence-electron chi connectivity index (χ2n) is 5.59. The van der Waals surface area contributed by atoms with E-state index in [0.717, 1.165) is 5.92 Å². The molecular weight excluding hydrogens is 240 g/mol. The van der Waals surface area contributed by atoms with E-state index in [2.05, 4.69) is 53.3 Å². The van der Waals surface area contributed by atoms with Crippen LogP contribution in [0, 0.1) is 5.92 Å². The molecule has 2 nitrogen and oxygen atoms in total. The van der Waals surface area contributed by atoms with Gasteiger partial charge in [0.2, 0.25) is 0 Å². The molecule has 18 heavy (non-hydrogen) atoms. The zero-order chi connectivity index (χ0) is 12.4. The third kappa shape index (κ3) is 2.73. The van der Waals surface area contributed by atoms with Gasteiger partial charge in [-0.3, -0.25) is 0 Å². The lowest BCUT2D eigenvalue weighted by Gasteiger charge is -2.27. The molecule has 2 aliphatic heterocycles. The van der Waals surface area contributed by atoms with E-state index >= 15 is 0 Å². The molecule has 0 radical (unpaired) electrons. The molecule has 0 aliphatic carbocycles. The zero-order valence-electron chi connectivity index (χ0n) is 11.1. The molecule has 1 aromatic carbocycles. The molecule has 0 aromatic heterocycles. The molecule has 2 atom stereocenters. The number of hydrogen-bond acceptors (Lipinski definition) is 3. The SMILES string of the molecule is CN1CCC(CNC2CSCc3ccccc32)C1. The molecule has 1 saturated heterocycles. The van der Waals surface area contributed by atoms with Crippen LogP contribution in [0.5, 0.6) is 0 Å². The maximum absolute atomic E-state index is 3.79. The molecule has 0 spiro atoms. The van der Waals surface area contributed by atoms with Crippen molar-refractivity contribution in [1.82, 2.24) is 10.2 Å². The fraction of sp³-hybridized carbons (Fsp3) is 0.600. The second-order valence-corrected chi connectivity index (χ2v) is 6.62. The zero-order valence-corrected chi connectivity index (χ0v) is 11.9. The van der Waals surface area contributed by atoms with Gasteiger partial charge in [0.15, 0.2) is 0 Å². The predicted molar refractivity (Wildman–Crippen MR) is 79.0 cm³/mol. The van der Waals surface area contributed by atoms with Gasteiger partial charge in [-0.15, -0.1) is 0 Å². The van der Waals surface area contributed by atoms with E-state index in [-0.39, 0.29) is 0 Å². The average molecular weight is 262 g/mol. The first-order valence-corrected chi connectivity index (χ1v) is 8.06. The second kappa shape index (κ2) is 5.64. The van der Waals surface area contributed by atoms with Crippen LogP contribution in [0.15, 0.2) is 24.3 Å². The highest BCUT2D eigenvalue weighted by atomic mass is 32.2. The first kappa shape index (κ1) is 12.5. The molecule has 1 N–H and O–H groups in total. The van der Waals surface area contributed by atoms with Crippen molar-refractivity contribution in [3.05, 3.63) is 35.4 Å². The molecule has 2 heterocycles. The summed E-state index contributed by atoms with van der Waals surface area (Å²) in [6.45, 7) is 3.70. The summed E-state index contributed by atoms with van der Waals surface area (Å²) in [6.07, 6.45) is 1.35. The van der Waals surface area contributed by atoms with Gasteiger partial charge in [-0.1, -0.05) is 24.3 Å². The van der Waals surface area contributed by atoms with Crippen molar-refractivity contribution in [3.8, 4) is 0 Å². The summed E-state index contributed by atoms with van der Waals surface area (Å²) in [6, 6.07) is 9.47. The van der Waals surface area contributed by atoms with Crippen LogP contribution < -0.4 is 5.32 Å². The minimum absolute atomic E-state index is 0.561. The van der Waals surface area contributed by atoms with Crippen LogP contribution in [0.25, 0.3) is 0 Å². The van der Waals surface area contributed by atoms with Crippen LogP contribution in [-0.4, -0.2) is 37.3 Å². The van der Waals surface area contributed by atoms with Crippen molar-refractivity contribution < 1.29 is 0 Å². The third-order valence-electron chi connectivity index (χ3n) is 4.11. The smallest absolute Gasteiger partial charge is 0.0415 e. The quantitative estimate of drug-likeness (QED) is 0.901. The highest BCUT2D eigenvalue weighted by Gasteiger charge is 2.23. The summed E-state index contributed by atoms with van der Waals surface area (Å²) in [5.41, 5.74) is 3.05. The normalized spacial score (nSPS) is 28.3. The third-order valence-corrected chi connectivity index (χ3v) is 5.20. The summed E-state index contributed by atoms with van der Waals surface area (Å²) in [5, 5.41) is 3.79. The molecule has 0 bridgehead atoms. The Morgan fingerprint density at radius 3 is 3.11 bits per heavy atom. The first-order valence-electron chi connectivity index (χ1n) is 6.90. The minimum atomic E-state index is 0.561. The van der Waals surface area contributed by atoms with E-state index in [1.54, 1.807) is 0 Å². The Morgan fingerprint density at radius 2 is 2.28 bits per heavy atom. The van der Waals surface area contributed by atoms with Gasteiger partial charge in [0.1, 0.15) is 0 Å². The Balaban J connectivity index is 1.60. The van der Waals surface area contributed by atoms with Crippen LogP contribution in [0.4, 0.5) is 0 Å². The van der Waals surface area contributed by atoms with E-state index in [1.165, 1.54) is 48.7 Å². The van der Waals surface area contributed by atoms with E-state index in [4.69, 9.17) is 0 Å². The van der Waals surface area contributed by atoms with Crippen LogP contribution in [0.3, 0.4) is 0 Å². The Hall–Kier alpha value is -0.510. The van der Waals surface area contributed by atoms with Crippen LogP contribution >= 0.6 is 11.8 Å². The lowest BCUT2D eigenvalue weighted by Crippen LogP contribution is -2.31. The molecule has 2 aliphatic rings. The fourth-order valence-corrected chi connectivity index (χ4v) is 4.19. The Morgan fingerprint density at radius 1 is 1.39 bits per heavy atom. The molecule has 1 fully saturated rings. The lowest BCUT2D eigenvalue weighted by molar-refractivity contribution is 0.382. The van der Waals surface area contributed by atoms with Gasteiger partial charge in [0.05, 0.1) is 0 Å². The largest absolute Gasteiger partial charge is 0.309 e. The molecule has 3 rings (SSSR count). The lowest BCUT2D eigenvalue weighted by atomic mass is 10.0. The molecule has 2 unspecified atom stereocenters. The van der Waals surface area contributed by atoms with E-state index in [0.29, 0.717) is 6.04 Å². The van der Waals surface area contributed by atoms with Crippen molar-refractivity contribution in [3.63, 3.8) is 0 Å². The van der Waals surface area contributed by atoms with E-state index in [9.17, 15) is 0 Å². The summed E-state index contributed by atoms with van der Waals surface area (Å²) < 4.78 is 0. The van der Waals surface area contributed by atoms with Gasteiger partial charge < -0.3 is 10.2 Å². The van der Waals surface area contributed by atoms with Gasteiger partial charge in [-0.05, 0) is 43.6 Å². The predicted octanol–water partition coefficient (Wildman–Crippen LogP) is 2.52. The molecule has 0 amide bonds. The van der Waals surface area contributed by atoms with Crippen LogP contribution in [-0.2, 0) is 5.75 Å². The topological polar surface area (TPSA) is 15.3 Å². The fourth-order valence-electron chi connectivity index (χ4n) is 3.05. The molecular formula is C15H22N2S. The summed E-state index contributed by atoms with van der Waals surface area (Å²) >= 11 is 2.06. The van der Waals surface area contributed by atoms with Crippen molar-refractivity contribution in [2.75, 3.05) is 32.4 Å². The van der Waals surface area contributed by atoms with Gasteiger partial charge >= 0.3 is 0 Å². The van der Waals surface area contributed by atoms with Crippen molar-refractivity contribution in [2.24, 2.45) is 5.92 Å². The van der Waals surface area contributed by atoms with Gasteiger partial charge in [0, 0.05) is 24.1 Å². The number of thioether (sulfide) groups is 1. The summed E-state index contributed by atoms with van der Waals surface area (Å²) in [7, 11) is 2.23. The number of rotatable bonds is 3. The van der Waals surface area contributed by atoms with Gasteiger partial charge in [0.25, 0.3) is 0 Å². The Bertz CT molecular complexity index is 407. The van der Waals surface area contributed by atoms with Gasteiger partial charge in [-0.25, -0.2) is 0 Å². The number of hydrogen-bond donors (Lipinski definition) is 1. The number of benzene rings is 1. The average Bonchev–Trinajstić information content (AvgIpc) is 2.82. The molecule has 0 saturated carbocycles. The van der Waals surface area contributed by atoms with Crippen LogP contribution in [0.1, 0.15) is 23.6 Å². The standard InChI is InChI=1S/C15H22N2S/c1-17-7-6-12(9-17)8-16-15-11-18-10-13-4-2-3-5-14(13)15/h2-5,12,15-16H,6-11H2,1H3. The highest BCUT2D eigenvalue weighted by Crippen LogP contribution is 2.31. The van der Waals surface area contributed by atoms with Crippen LogP contribution in [0.2, 0.25) is 0 Å². The number of nitrogens with zero attached hydrogens (tertiary/aromatic N) is 1. The number of nitrogens with one attached hydrogen (secondary N) is 1. The Labute approximate surface area is 114 Å². The summed E-state index contributed by atoms with van der Waals surface area (Å²) in [5.74, 6) is 3.24. The van der Waals surface area contributed by atoms with Gasteiger partial charge in [-0.2, -0.15) is 11.8 Å².